The lowest BCUT2D eigenvalue weighted by atomic mass is 10.00. The monoisotopic (exact) mass is 1730 g/mol. The van der Waals surface area contributed by atoms with Gasteiger partial charge in [-0.15, -0.1) is 0 Å². The van der Waals surface area contributed by atoms with E-state index in [-0.39, 0.29) is 57.7 Å². The molecule has 0 saturated carbocycles. The summed E-state index contributed by atoms with van der Waals surface area (Å²) in [6.45, 7) is 33.1. The van der Waals surface area contributed by atoms with Gasteiger partial charge in [-0.25, -0.2) is 24.0 Å². The second-order valence-electron chi connectivity index (χ2n) is 35.2. The molecular weight excluding hydrogens is 1590 g/mol. The van der Waals surface area contributed by atoms with Gasteiger partial charge in [0.05, 0.1) is 24.7 Å². The predicted molar refractivity (Wildman–Crippen MR) is 448 cm³/mol. The van der Waals surface area contributed by atoms with Crippen molar-refractivity contribution >= 4 is 95.5 Å². The van der Waals surface area contributed by atoms with E-state index in [0.717, 1.165) is 19.8 Å². The lowest BCUT2D eigenvalue weighted by Gasteiger charge is -2.29. The molecule has 1 saturated heterocycles. The zero-order chi connectivity index (χ0) is 92.6. The highest BCUT2D eigenvalue weighted by molar-refractivity contribution is 5.98. The Morgan fingerprint density at radius 2 is 0.902 bits per heavy atom. The van der Waals surface area contributed by atoms with Crippen molar-refractivity contribution in [2.24, 2.45) is 5.92 Å². The fraction of sp³-hybridized carbons (Fsp3) is 0.707. The van der Waals surface area contributed by atoms with Crippen molar-refractivity contribution < 1.29 is 115 Å². The molecule has 690 valence electrons. The Hall–Kier alpha value is -10.8. The zero-order valence-electron chi connectivity index (χ0n) is 74.6. The fourth-order valence-corrected chi connectivity index (χ4v) is 11.5. The number of rotatable bonds is 35. The van der Waals surface area contributed by atoms with Gasteiger partial charge in [-0.2, -0.15) is 0 Å². The predicted octanol–water partition coefficient (Wildman–Crippen LogP) is 3.05. The van der Waals surface area contributed by atoms with Gasteiger partial charge in [-0.1, -0.05) is 70.5 Å². The molecule has 12 atom stereocenters. The van der Waals surface area contributed by atoms with Crippen LogP contribution in [-0.2, 0) is 87.6 Å². The number of esters is 1. The van der Waals surface area contributed by atoms with Gasteiger partial charge in [-0.3, -0.25) is 52.7 Å². The molecule has 40 heteroatoms. The summed E-state index contributed by atoms with van der Waals surface area (Å²) in [4.78, 5) is 225. The number of carbonyl (C=O) groups excluding carboxylic acids is 16. The average Bonchev–Trinajstić information content (AvgIpc) is 0.924. The third kappa shape index (κ3) is 47.4. The van der Waals surface area contributed by atoms with E-state index >= 15 is 14.4 Å². The molecule has 0 spiro atoms. The number of nitrogens with one attached hydrogen (secondary N) is 16. The number of alkyl carbamates (subject to hydrolysis) is 5. The summed E-state index contributed by atoms with van der Waals surface area (Å²) in [6.07, 6.45) is -8.14. The average molecular weight is 1730 g/mol. The number of aliphatic hydroxyl groups is 2. The normalized spacial score (nSPS) is 19.5. The molecule has 40 nitrogen and oxygen atoms in total. The highest BCUT2D eigenvalue weighted by Gasteiger charge is 2.38. The largest absolute Gasteiger partial charge is 0.510 e. The van der Waals surface area contributed by atoms with Crippen LogP contribution in [0.2, 0.25) is 0 Å². The Morgan fingerprint density at radius 3 is 1.34 bits per heavy atom. The van der Waals surface area contributed by atoms with Gasteiger partial charge in [0.25, 0.3) is 0 Å². The highest BCUT2D eigenvalue weighted by atomic mass is 16.6. The van der Waals surface area contributed by atoms with E-state index in [4.69, 9.17) is 28.4 Å². The smallest absolute Gasteiger partial charge is 0.407 e. The van der Waals surface area contributed by atoms with Crippen molar-refractivity contribution in [3.8, 4) is 0 Å². The maximum atomic E-state index is 15.3. The van der Waals surface area contributed by atoms with Crippen LogP contribution < -0.4 is 85.1 Å². The van der Waals surface area contributed by atoms with Gasteiger partial charge < -0.3 is 124 Å². The molecule has 2 rings (SSSR count). The Labute approximate surface area is 715 Å². The van der Waals surface area contributed by atoms with Crippen LogP contribution in [0.4, 0.5) is 24.0 Å². The second-order valence-corrected chi connectivity index (χ2v) is 35.2. The van der Waals surface area contributed by atoms with Crippen molar-refractivity contribution in [3.05, 3.63) is 48.2 Å². The topological polar surface area (TPSA) is 561 Å². The van der Waals surface area contributed by atoms with Crippen LogP contribution in [0, 0.1) is 5.92 Å². The van der Waals surface area contributed by atoms with Crippen LogP contribution in [0.3, 0.4) is 0 Å². The quantitative estimate of drug-likeness (QED) is 0.0264. The van der Waals surface area contributed by atoms with Gasteiger partial charge in [0.2, 0.25) is 59.1 Å². The second kappa shape index (κ2) is 51.8. The number of benzene rings is 1. The summed E-state index contributed by atoms with van der Waals surface area (Å²) >= 11 is 0. The zero-order valence-corrected chi connectivity index (χ0v) is 74.6. The van der Waals surface area contributed by atoms with Crippen LogP contribution in [0.1, 0.15) is 221 Å². The van der Waals surface area contributed by atoms with Crippen molar-refractivity contribution in [3.63, 3.8) is 0 Å². The van der Waals surface area contributed by atoms with E-state index in [0.29, 0.717) is 12.0 Å². The van der Waals surface area contributed by atoms with Crippen LogP contribution >= 0.6 is 0 Å². The van der Waals surface area contributed by atoms with Gasteiger partial charge in [0.1, 0.15) is 76.1 Å². The van der Waals surface area contributed by atoms with Gasteiger partial charge in [0.15, 0.2) is 6.04 Å². The van der Waals surface area contributed by atoms with E-state index in [2.05, 4.69) is 91.6 Å². The van der Waals surface area contributed by atoms with E-state index in [1.165, 1.54) is 0 Å². The fourth-order valence-electron chi connectivity index (χ4n) is 11.5. The molecule has 0 aliphatic carbocycles. The first-order valence-corrected chi connectivity index (χ1v) is 41.4. The molecule has 1 aromatic rings. The lowest BCUT2D eigenvalue weighted by molar-refractivity contribution is -0.149. The van der Waals surface area contributed by atoms with Crippen molar-refractivity contribution in [2.45, 2.75) is 323 Å². The highest BCUT2D eigenvalue weighted by Crippen LogP contribution is 2.17. The Bertz CT molecular complexity index is 3640. The summed E-state index contributed by atoms with van der Waals surface area (Å²) in [7, 11) is 0. The van der Waals surface area contributed by atoms with Gasteiger partial charge >= 0.3 is 36.4 Å². The number of carbonyl (C=O) groups is 16. The number of amides is 15. The molecular formula is C82H138N16O24. The van der Waals surface area contributed by atoms with E-state index in [1.54, 1.807) is 155 Å². The van der Waals surface area contributed by atoms with Crippen LogP contribution in [-0.4, -0.2) is 252 Å². The number of aliphatic hydroxyl groups excluding tert-OH is 2. The third-order valence-corrected chi connectivity index (χ3v) is 17.2. The maximum Gasteiger partial charge on any atom is 0.407 e. The molecule has 2 unspecified atom stereocenters. The first-order chi connectivity index (χ1) is 56.5. The minimum Gasteiger partial charge on any atom is -0.510 e. The van der Waals surface area contributed by atoms with E-state index in [9.17, 15) is 72.5 Å². The molecule has 18 N–H and O–H groups in total. The minimum atomic E-state index is -2.05. The number of unbranched alkanes of at least 4 members (excludes halogenated alkanes) is 1. The van der Waals surface area contributed by atoms with E-state index < -0.39 is 260 Å². The first kappa shape index (κ1) is 107. The van der Waals surface area contributed by atoms with Gasteiger partial charge in [-0.05, 0) is 181 Å². The van der Waals surface area contributed by atoms with Crippen LogP contribution in [0.15, 0.2) is 42.7 Å². The van der Waals surface area contributed by atoms with Gasteiger partial charge in [0, 0.05) is 64.7 Å². The summed E-state index contributed by atoms with van der Waals surface area (Å²) < 4.78 is 32.4. The van der Waals surface area contributed by atoms with Crippen molar-refractivity contribution in [1.29, 1.82) is 0 Å². The molecule has 15 amide bonds. The van der Waals surface area contributed by atoms with Crippen molar-refractivity contribution in [1.82, 2.24) is 85.1 Å². The summed E-state index contributed by atoms with van der Waals surface area (Å²) in [5, 5.41) is 64.0. The van der Waals surface area contributed by atoms with E-state index in [1.807, 2.05) is 6.92 Å². The number of hydrogen-bond acceptors (Lipinski definition) is 25. The molecule has 1 heterocycles. The first-order valence-electron chi connectivity index (χ1n) is 41.4. The molecule has 122 heavy (non-hydrogen) atoms. The number of hydrogen-bond donors (Lipinski definition) is 18. The molecule has 1 aliphatic rings. The standard InChI is InChI=1S/C82H138N16O24/c1-22-23-27-48(4)117-61(102)31-30-60(101)91-54(34-40-85-74(113)119-79(10,11)12)67(106)98-63(50(6)100)72(111)94-55(35-41-86-75(114)120-80(13,14)15)65(104)90-52-32-38-83-71(110)62(49(5)99)97-68(107)57(37-43-88-77(116)122-82(19,20)21)92-66(105)56(36-42-87-76(115)121-81(16,17)18)93-69(108)58(44-47(2)3)95-70(109)59(45-51-28-25-24-26-29-51)96-64(103)53(89-46-52)33-39-84-73(112)118-78(7,8)9/h24-26,28-29,47-48,50,52-59,62-63,89,99-100H,5,22-23,27,30-46H2,1-4,6-21H3,(H,83,110)(H,84,112)(H,85,113)(H,86,114)(H,87,115)(H,88,116)(H,90,104)(H,91,101)(H,92,105)(H,93,108)(H,94,111)(H,95,109)(H,96,103)(H,97,107)(H,98,106)/t48?,50?,52-,53-,54-,55-,56-,57-,58-,59+,62-,63-/m0/s1. The number of ether oxygens (including phenoxy) is 6. The summed E-state index contributed by atoms with van der Waals surface area (Å²) in [6, 6.07) is -8.19. The molecule has 0 aromatic heterocycles. The molecule has 0 radical (unpaired) electrons. The molecule has 1 fully saturated rings. The Balaban J connectivity index is 3.07. The minimum absolute atomic E-state index is 0.0963. The molecule has 1 aliphatic heterocycles. The maximum absolute atomic E-state index is 15.3. The Morgan fingerprint density at radius 1 is 0.492 bits per heavy atom. The van der Waals surface area contributed by atoms with Crippen LogP contribution in [0.25, 0.3) is 0 Å². The molecule has 0 bridgehead atoms. The third-order valence-electron chi connectivity index (χ3n) is 17.2. The Kier molecular flexibility index (Phi) is 45.6. The summed E-state index contributed by atoms with van der Waals surface area (Å²) in [5.74, 6) is -12.4. The summed E-state index contributed by atoms with van der Waals surface area (Å²) in [5.41, 5.74) is -4.40. The molecule has 1 aromatic carbocycles. The lowest BCUT2D eigenvalue weighted by Crippen LogP contribution is -2.61. The van der Waals surface area contributed by atoms with Crippen molar-refractivity contribution in [2.75, 3.05) is 45.8 Å². The van der Waals surface area contributed by atoms with Crippen LogP contribution in [0.5, 0.6) is 0 Å². The SMILES string of the molecule is C=C(O)[C@@H]1NC(=O)[C@H](CCNC(=O)OC(C)(C)C)NC(=O)[C@H](CCNC(=O)OC(C)(C)C)NC(=O)[C@H](CC(C)C)NC(=O)[C@@H](Cc2ccccc2)NC(=O)[C@H](CCNC(=O)OC(C)(C)C)NC[C@@H](NC(=O)[C@H](CCNC(=O)OC(C)(C)C)NC(=O)[C@@H](NC(=O)[C@H](CCNC(=O)OC(C)(C)C)NC(=O)CCC(=O)OC(C)CCCC)C(C)O)CCNC1=O.